The Hall–Kier alpha value is -2.83. The van der Waals surface area contributed by atoms with E-state index < -0.39 is 0 Å². The van der Waals surface area contributed by atoms with Crippen LogP contribution in [0.2, 0.25) is 0 Å². The van der Waals surface area contributed by atoms with E-state index in [0.717, 1.165) is 24.9 Å². The van der Waals surface area contributed by atoms with Crippen molar-refractivity contribution in [3.8, 4) is 0 Å². The zero-order valence-corrected chi connectivity index (χ0v) is 14.5. The Morgan fingerprint density at radius 3 is 2.80 bits per heavy atom. The summed E-state index contributed by atoms with van der Waals surface area (Å²) >= 11 is 0. The number of aromatic amines is 1. The lowest BCUT2D eigenvalue weighted by atomic mass is 10.0. The Morgan fingerprint density at radius 1 is 1.28 bits per heavy atom. The summed E-state index contributed by atoms with van der Waals surface area (Å²) in [6.07, 6.45) is 6.40. The van der Waals surface area contributed by atoms with E-state index in [1.807, 2.05) is 17.9 Å². The molecule has 1 atom stereocenters. The van der Waals surface area contributed by atoms with Crippen molar-refractivity contribution < 1.29 is 9.59 Å². The number of urea groups is 1. The second-order valence-corrected chi connectivity index (χ2v) is 6.44. The highest BCUT2D eigenvalue weighted by Gasteiger charge is 2.24. The lowest BCUT2D eigenvalue weighted by molar-refractivity contribution is 0.0635. The number of nitrogens with one attached hydrogen (secondary N) is 3. The number of likely N-dealkylation sites (tertiary alicyclic amines) is 1. The van der Waals surface area contributed by atoms with Gasteiger partial charge in [0.15, 0.2) is 0 Å². The minimum atomic E-state index is -0.353. The monoisotopic (exact) mass is 341 g/mol. The fourth-order valence-corrected chi connectivity index (χ4v) is 3.11. The molecule has 1 aromatic carbocycles. The van der Waals surface area contributed by atoms with Gasteiger partial charge in [-0.1, -0.05) is 0 Å². The SMILES string of the molecule is Cc1cc(C(=O)N2CCCCC2C)ccc1NC(=O)Nc1cn[nH]c1. The van der Waals surface area contributed by atoms with Gasteiger partial charge in [0.2, 0.25) is 0 Å². The molecule has 3 rings (SSSR count). The molecule has 1 aliphatic heterocycles. The molecule has 1 saturated heterocycles. The van der Waals surface area contributed by atoms with Crippen LogP contribution in [0.1, 0.15) is 42.1 Å². The molecule has 0 aliphatic carbocycles. The van der Waals surface area contributed by atoms with E-state index in [1.54, 1.807) is 18.3 Å². The molecule has 2 aromatic rings. The third-order valence-electron chi connectivity index (χ3n) is 4.54. The topological polar surface area (TPSA) is 90.1 Å². The third-order valence-corrected chi connectivity index (χ3v) is 4.54. The number of carbonyl (C=O) groups excluding carboxylic acids is 2. The predicted octanol–water partition coefficient (Wildman–Crippen LogP) is 3.38. The van der Waals surface area contributed by atoms with Crippen LogP contribution in [0.15, 0.2) is 30.6 Å². The second-order valence-electron chi connectivity index (χ2n) is 6.44. The summed E-state index contributed by atoms with van der Waals surface area (Å²) in [4.78, 5) is 26.7. The third kappa shape index (κ3) is 3.99. The van der Waals surface area contributed by atoms with E-state index in [9.17, 15) is 9.59 Å². The lowest BCUT2D eigenvalue weighted by Crippen LogP contribution is -2.42. The molecule has 132 valence electrons. The number of H-pyrrole nitrogens is 1. The maximum atomic E-state index is 12.7. The molecule has 1 fully saturated rings. The Kier molecular flexibility index (Phi) is 5.02. The molecule has 1 unspecified atom stereocenters. The van der Waals surface area contributed by atoms with Gasteiger partial charge < -0.3 is 15.5 Å². The van der Waals surface area contributed by atoms with E-state index in [4.69, 9.17) is 0 Å². The first-order valence-electron chi connectivity index (χ1n) is 8.53. The summed E-state index contributed by atoms with van der Waals surface area (Å²) in [5.74, 6) is 0.0599. The normalized spacial score (nSPS) is 17.2. The highest BCUT2D eigenvalue weighted by molar-refractivity contribution is 6.01. The molecule has 7 nitrogen and oxygen atoms in total. The largest absolute Gasteiger partial charge is 0.336 e. The van der Waals surface area contributed by atoms with Crippen LogP contribution in [0.25, 0.3) is 0 Å². The summed E-state index contributed by atoms with van der Waals surface area (Å²) in [6, 6.07) is 5.29. The first-order chi connectivity index (χ1) is 12.0. The fourth-order valence-electron chi connectivity index (χ4n) is 3.11. The number of piperidine rings is 1. The minimum absolute atomic E-state index is 0.0599. The van der Waals surface area contributed by atoms with Crippen molar-refractivity contribution in [2.45, 2.75) is 39.2 Å². The number of anilines is 2. The molecular formula is C18H23N5O2. The maximum absolute atomic E-state index is 12.7. The number of hydrogen-bond donors (Lipinski definition) is 3. The van der Waals surface area contributed by atoms with Crippen molar-refractivity contribution in [2.75, 3.05) is 17.2 Å². The van der Waals surface area contributed by atoms with Crippen LogP contribution in [0.3, 0.4) is 0 Å². The molecule has 2 heterocycles. The van der Waals surface area contributed by atoms with Crippen LogP contribution in [-0.2, 0) is 0 Å². The number of aryl methyl sites for hydroxylation is 1. The average molecular weight is 341 g/mol. The summed E-state index contributed by atoms with van der Waals surface area (Å²) in [6.45, 7) is 4.79. The molecular weight excluding hydrogens is 318 g/mol. The second kappa shape index (κ2) is 7.38. The zero-order chi connectivity index (χ0) is 17.8. The number of amides is 3. The number of hydrogen-bond acceptors (Lipinski definition) is 3. The van der Waals surface area contributed by atoms with Gasteiger partial charge in [-0.3, -0.25) is 9.89 Å². The Bertz CT molecular complexity index is 757. The van der Waals surface area contributed by atoms with Crippen LogP contribution in [0, 0.1) is 6.92 Å². The van der Waals surface area contributed by atoms with Gasteiger partial charge in [0.1, 0.15) is 0 Å². The Balaban J connectivity index is 1.68. The molecule has 0 radical (unpaired) electrons. The first-order valence-corrected chi connectivity index (χ1v) is 8.53. The number of rotatable bonds is 3. The number of carbonyl (C=O) groups is 2. The first kappa shape index (κ1) is 17.0. The molecule has 3 amide bonds. The number of aromatic nitrogens is 2. The molecule has 1 aliphatic rings. The number of benzene rings is 1. The van der Waals surface area contributed by atoms with Crippen LogP contribution in [0.5, 0.6) is 0 Å². The lowest BCUT2D eigenvalue weighted by Gasteiger charge is -2.33. The van der Waals surface area contributed by atoms with Crippen molar-refractivity contribution >= 4 is 23.3 Å². The maximum Gasteiger partial charge on any atom is 0.323 e. The molecule has 0 spiro atoms. The van der Waals surface area contributed by atoms with E-state index in [1.165, 1.54) is 12.6 Å². The summed E-state index contributed by atoms with van der Waals surface area (Å²) in [5, 5.41) is 11.9. The molecule has 1 aromatic heterocycles. The van der Waals surface area contributed by atoms with Crippen molar-refractivity contribution in [3.05, 3.63) is 41.7 Å². The van der Waals surface area contributed by atoms with Crippen molar-refractivity contribution in [3.63, 3.8) is 0 Å². The van der Waals surface area contributed by atoms with Crippen LogP contribution >= 0.6 is 0 Å². The van der Waals surface area contributed by atoms with Gasteiger partial charge in [-0.25, -0.2) is 4.79 Å². The average Bonchev–Trinajstić information content (AvgIpc) is 3.09. The molecule has 3 N–H and O–H groups in total. The Labute approximate surface area is 146 Å². The van der Waals surface area contributed by atoms with E-state index in [0.29, 0.717) is 16.9 Å². The summed E-state index contributed by atoms with van der Waals surface area (Å²) in [5.41, 5.74) is 2.76. The minimum Gasteiger partial charge on any atom is -0.336 e. The van der Waals surface area contributed by atoms with Gasteiger partial charge in [0, 0.05) is 30.0 Å². The highest BCUT2D eigenvalue weighted by Crippen LogP contribution is 2.22. The Morgan fingerprint density at radius 2 is 2.12 bits per heavy atom. The van der Waals surface area contributed by atoms with Crippen LogP contribution in [0.4, 0.5) is 16.2 Å². The van der Waals surface area contributed by atoms with Crippen LogP contribution in [-0.4, -0.2) is 39.6 Å². The van der Waals surface area contributed by atoms with Gasteiger partial charge in [-0.2, -0.15) is 5.10 Å². The molecule has 0 saturated carbocycles. The van der Waals surface area contributed by atoms with Gasteiger partial charge in [-0.05, 0) is 56.9 Å². The van der Waals surface area contributed by atoms with Gasteiger partial charge >= 0.3 is 6.03 Å². The molecule has 7 heteroatoms. The van der Waals surface area contributed by atoms with E-state index in [2.05, 4.69) is 27.8 Å². The van der Waals surface area contributed by atoms with E-state index >= 15 is 0 Å². The van der Waals surface area contributed by atoms with Crippen LogP contribution < -0.4 is 10.6 Å². The number of nitrogens with zero attached hydrogens (tertiary/aromatic N) is 2. The molecule has 0 bridgehead atoms. The quantitative estimate of drug-likeness (QED) is 0.799. The van der Waals surface area contributed by atoms with Crippen molar-refractivity contribution in [2.24, 2.45) is 0 Å². The molecule has 25 heavy (non-hydrogen) atoms. The smallest absolute Gasteiger partial charge is 0.323 e. The van der Waals surface area contributed by atoms with Gasteiger partial charge in [-0.15, -0.1) is 0 Å². The summed E-state index contributed by atoms with van der Waals surface area (Å²) < 4.78 is 0. The van der Waals surface area contributed by atoms with Gasteiger partial charge in [0.25, 0.3) is 5.91 Å². The fraction of sp³-hybridized carbons (Fsp3) is 0.389. The standard InChI is InChI=1S/C18H23N5O2/c1-12-9-14(17(24)23-8-4-3-5-13(23)2)6-7-16(12)22-18(25)21-15-10-19-20-11-15/h6-7,9-11,13H,3-5,8H2,1-2H3,(H,19,20)(H2,21,22,25). The van der Waals surface area contributed by atoms with Gasteiger partial charge in [0.05, 0.1) is 11.9 Å². The highest BCUT2D eigenvalue weighted by atomic mass is 16.2. The zero-order valence-electron chi connectivity index (χ0n) is 14.5. The summed E-state index contributed by atoms with van der Waals surface area (Å²) in [7, 11) is 0. The van der Waals surface area contributed by atoms with Crippen molar-refractivity contribution in [1.82, 2.24) is 15.1 Å². The predicted molar refractivity (Wildman–Crippen MR) is 96.8 cm³/mol. The van der Waals surface area contributed by atoms with Crippen molar-refractivity contribution in [1.29, 1.82) is 0 Å². The van der Waals surface area contributed by atoms with E-state index in [-0.39, 0.29) is 18.0 Å².